The van der Waals surface area contributed by atoms with E-state index in [1.165, 1.54) is 61.5 Å². The van der Waals surface area contributed by atoms with Gasteiger partial charge in [0, 0.05) is 29.8 Å². The third-order valence-electron chi connectivity index (χ3n) is 5.34. The van der Waals surface area contributed by atoms with E-state index < -0.39 is 15.9 Å². The molecule has 2 heterocycles. The van der Waals surface area contributed by atoms with Crippen LogP contribution in [0.25, 0.3) is 5.69 Å². The number of hydrogen-bond donors (Lipinski definition) is 2. The second-order valence-electron chi connectivity index (χ2n) is 8.35. The summed E-state index contributed by atoms with van der Waals surface area (Å²) in [6, 6.07) is 13.1. The fourth-order valence-electron chi connectivity index (χ4n) is 3.34. The summed E-state index contributed by atoms with van der Waals surface area (Å²) in [4.78, 5) is 25.5. The van der Waals surface area contributed by atoms with Gasteiger partial charge in [-0.2, -0.15) is 0 Å². The molecule has 0 bridgehead atoms. The van der Waals surface area contributed by atoms with E-state index in [0.717, 1.165) is 24.6 Å². The number of halogens is 1. The van der Waals surface area contributed by atoms with Gasteiger partial charge in [0.15, 0.2) is 15.3 Å². The lowest BCUT2D eigenvalue weighted by atomic mass is 10.2. The van der Waals surface area contributed by atoms with Crippen molar-refractivity contribution in [2.75, 3.05) is 30.9 Å². The first-order chi connectivity index (χ1) is 19.6. The van der Waals surface area contributed by atoms with Crippen LogP contribution in [0.2, 0.25) is 0 Å². The molecular weight excluding hydrogens is 672 g/mol. The number of aromatic nitrogens is 5. The Morgan fingerprint density at radius 2 is 1.71 bits per heavy atom. The summed E-state index contributed by atoms with van der Waals surface area (Å²) in [6.45, 7) is 2.05. The van der Waals surface area contributed by atoms with Gasteiger partial charge >= 0.3 is 0 Å². The number of thioether (sulfide) groups is 2. The van der Waals surface area contributed by atoms with Gasteiger partial charge in [-0.1, -0.05) is 57.7 Å². The van der Waals surface area contributed by atoms with E-state index in [1.807, 2.05) is 31.2 Å². The molecule has 0 fully saturated rings. The average Bonchev–Trinajstić information content (AvgIpc) is 3.57. The molecule has 0 spiro atoms. The van der Waals surface area contributed by atoms with Crippen LogP contribution < -0.4 is 10.6 Å². The van der Waals surface area contributed by atoms with Gasteiger partial charge in [0.25, 0.3) is 5.91 Å². The van der Waals surface area contributed by atoms with Gasteiger partial charge in [0.2, 0.25) is 21.1 Å². The Bertz CT molecular complexity index is 1620. The maximum Gasteiger partial charge on any atom is 0.251 e. The van der Waals surface area contributed by atoms with Crippen LogP contribution in [0, 0.1) is 0 Å². The number of rotatable bonds is 12. The minimum atomic E-state index is -3.60. The smallest absolute Gasteiger partial charge is 0.251 e. The highest BCUT2D eigenvalue weighted by Gasteiger charge is 2.20. The Balaban J connectivity index is 1.46. The lowest BCUT2D eigenvalue weighted by Crippen LogP contribution is -2.25. The van der Waals surface area contributed by atoms with Crippen LogP contribution in [0.4, 0.5) is 5.13 Å². The Kier molecular flexibility index (Phi) is 10.5. The molecule has 0 atom stereocenters. The summed E-state index contributed by atoms with van der Waals surface area (Å²) in [7, 11) is -0.720. The summed E-state index contributed by atoms with van der Waals surface area (Å²) in [5, 5.41) is 23.0. The monoisotopic (exact) mass is 696 g/mol. The molecule has 4 aromatic rings. The van der Waals surface area contributed by atoms with Crippen LogP contribution in [0.1, 0.15) is 23.1 Å². The molecule has 0 saturated heterocycles. The second-order valence-corrected chi connectivity index (χ2v) is 14.8. The Morgan fingerprint density at radius 3 is 2.37 bits per heavy atom. The average molecular weight is 698 g/mol. The molecule has 2 amide bonds. The number of carbonyl (C=O) groups is 2. The zero-order valence-corrected chi connectivity index (χ0v) is 26.9. The molecule has 4 rings (SSSR count). The molecular formula is C24H25BrN8O4S4. The Labute approximate surface area is 257 Å². The largest absolute Gasteiger partial charge is 0.345 e. The number of anilines is 1. The number of carbonyl (C=O) groups excluding carboxylic acids is 2. The predicted octanol–water partition coefficient (Wildman–Crippen LogP) is 3.90. The first-order valence-corrected chi connectivity index (χ1v) is 17.0. The summed E-state index contributed by atoms with van der Waals surface area (Å²) < 4.78 is 29.1. The van der Waals surface area contributed by atoms with Gasteiger partial charge < -0.3 is 5.32 Å². The summed E-state index contributed by atoms with van der Waals surface area (Å²) >= 11 is 7.49. The van der Waals surface area contributed by atoms with Crippen LogP contribution in [-0.4, -0.2) is 75.1 Å². The van der Waals surface area contributed by atoms with E-state index in [9.17, 15) is 18.0 Å². The van der Waals surface area contributed by atoms with Gasteiger partial charge in [-0.25, -0.2) is 12.7 Å². The Morgan fingerprint density at radius 1 is 1.00 bits per heavy atom. The highest BCUT2D eigenvalue weighted by molar-refractivity contribution is 9.10. The lowest BCUT2D eigenvalue weighted by Gasteiger charge is -2.12. The molecule has 0 saturated carbocycles. The van der Waals surface area contributed by atoms with E-state index in [4.69, 9.17) is 0 Å². The molecule has 2 N–H and O–H groups in total. The maximum atomic E-state index is 12.8. The van der Waals surface area contributed by atoms with E-state index in [0.29, 0.717) is 21.7 Å². The third-order valence-corrected chi connectivity index (χ3v) is 10.5. The van der Waals surface area contributed by atoms with Crippen LogP contribution in [-0.2, 0) is 21.4 Å². The van der Waals surface area contributed by atoms with Crippen LogP contribution in [0.5, 0.6) is 0 Å². The second kappa shape index (κ2) is 13.9. The van der Waals surface area contributed by atoms with Gasteiger partial charge in [0.05, 0.1) is 17.2 Å². The van der Waals surface area contributed by atoms with Crippen LogP contribution >= 0.6 is 50.8 Å². The topological polar surface area (TPSA) is 152 Å². The van der Waals surface area contributed by atoms with E-state index in [2.05, 4.69) is 47.0 Å². The zero-order chi connectivity index (χ0) is 29.6. The van der Waals surface area contributed by atoms with E-state index in [-0.39, 0.29) is 23.1 Å². The zero-order valence-electron chi connectivity index (χ0n) is 22.1. The third kappa shape index (κ3) is 7.92. The molecule has 41 heavy (non-hydrogen) atoms. The summed E-state index contributed by atoms with van der Waals surface area (Å²) in [6.07, 6.45) is 0. The standard InChI is InChI=1S/C24H25BrN8O4S4/c1-4-38-24-31-29-22(40-24)27-20(34)14-39-23-30-28-19(33(23)17-9-7-16(25)8-10-17)13-26-21(35)15-5-11-18(12-6-15)41(36,37)32(2)3/h5-12H,4,13-14H2,1-3H3,(H,26,35)(H,27,29,34). The lowest BCUT2D eigenvalue weighted by molar-refractivity contribution is -0.113. The first-order valence-electron chi connectivity index (χ1n) is 12.0. The van der Waals surface area contributed by atoms with Crippen LogP contribution in [0.3, 0.4) is 0 Å². The first kappa shape index (κ1) is 31.1. The quantitative estimate of drug-likeness (QED) is 0.165. The number of sulfonamides is 1. The van der Waals surface area contributed by atoms with Crippen molar-refractivity contribution in [3.8, 4) is 5.69 Å². The maximum absolute atomic E-state index is 12.8. The molecule has 17 heteroatoms. The number of hydrogen-bond acceptors (Lipinski definition) is 11. The molecule has 216 valence electrons. The van der Waals surface area contributed by atoms with Crippen molar-refractivity contribution < 1.29 is 18.0 Å². The van der Waals surface area contributed by atoms with Crippen molar-refractivity contribution in [3.63, 3.8) is 0 Å². The van der Waals surface area contributed by atoms with Crippen molar-refractivity contribution in [3.05, 3.63) is 64.4 Å². The molecule has 0 aliphatic rings. The van der Waals surface area contributed by atoms with Gasteiger partial charge in [-0.3, -0.25) is 19.5 Å². The minimum absolute atomic E-state index is 0.0368. The molecule has 12 nitrogen and oxygen atoms in total. The number of benzene rings is 2. The fourth-order valence-corrected chi connectivity index (χ4v) is 6.94. The van der Waals surface area contributed by atoms with Crippen molar-refractivity contribution in [1.29, 1.82) is 0 Å². The molecule has 0 unspecified atom stereocenters. The minimum Gasteiger partial charge on any atom is -0.345 e. The normalized spacial score (nSPS) is 11.5. The Hall–Kier alpha value is -2.83. The number of nitrogens with one attached hydrogen (secondary N) is 2. The van der Waals surface area contributed by atoms with Crippen molar-refractivity contribution >= 4 is 77.8 Å². The molecule has 2 aromatic heterocycles. The van der Waals surface area contributed by atoms with Gasteiger partial charge in [-0.05, 0) is 54.3 Å². The number of nitrogens with zero attached hydrogens (tertiary/aromatic N) is 6. The molecule has 0 aliphatic carbocycles. The summed E-state index contributed by atoms with van der Waals surface area (Å²) in [5.41, 5.74) is 1.04. The SMILES string of the molecule is CCSc1nnc(NC(=O)CSc2nnc(CNC(=O)c3ccc(S(=O)(=O)N(C)C)cc3)n2-c2ccc(Br)cc2)s1. The van der Waals surface area contributed by atoms with Gasteiger partial charge in [0.1, 0.15) is 0 Å². The molecule has 0 radical (unpaired) electrons. The van der Waals surface area contributed by atoms with Crippen molar-refractivity contribution in [2.24, 2.45) is 0 Å². The van der Waals surface area contributed by atoms with Crippen LogP contribution in [0.15, 0.2) is 67.4 Å². The summed E-state index contributed by atoms with van der Waals surface area (Å²) in [5.74, 6) is 0.689. The molecule has 0 aliphatic heterocycles. The van der Waals surface area contributed by atoms with Crippen molar-refractivity contribution in [2.45, 2.75) is 27.9 Å². The molecule has 2 aromatic carbocycles. The highest BCUT2D eigenvalue weighted by Crippen LogP contribution is 2.26. The number of amides is 2. The highest BCUT2D eigenvalue weighted by atomic mass is 79.9. The van der Waals surface area contributed by atoms with E-state index >= 15 is 0 Å². The predicted molar refractivity (Wildman–Crippen MR) is 163 cm³/mol. The van der Waals surface area contributed by atoms with Crippen molar-refractivity contribution in [1.82, 2.24) is 34.6 Å². The van der Waals surface area contributed by atoms with E-state index in [1.54, 1.807) is 16.3 Å². The fraction of sp³-hybridized carbons (Fsp3) is 0.250. The van der Waals surface area contributed by atoms with Gasteiger partial charge in [-0.15, -0.1) is 20.4 Å².